The van der Waals surface area contributed by atoms with Crippen LogP contribution >= 0.6 is 15.9 Å². The summed E-state index contributed by atoms with van der Waals surface area (Å²) in [7, 11) is 1.49. The van der Waals surface area contributed by atoms with Crippen molar-refractivity contribution in [2.45, 2.75) is 39.5 Å². The number of hydrogen-bond donors (Lipinski definition) is 1. The molecule has 1 aliphatic heterocycles. The molecule has 5 nitrogen and oxygen atoms in total. The third kappa shape index (κ3) is 2.66. The third-order valence-electron chi connectivity index (χ3n) is 3.78. The van der Waals surface area contributed by atoms with Crippen LogP contribution in [-0.2, 0) is 14.4 Å². The highest BCUT2D eigenvalue weighted by molar-refractivity contribution is 9.10. The maximum Gasteiger partial charge on any atom is 0.282 e. The topological polar surface area (TPSA) is 59.0 Å². The van der Waals surface area contributed by atoms with Gasteiger partial charge in [-0.1, -0.05) is 28.1 Å². The van der Waals surface area contributed by atoms with Crippen LogP contribution in [0.2, 0.25) is 0 Å². The van der Waals surface area contributed by atoms with Gasteiger partial charge in [0.25, 0.3) is 5.91 Å². The fourth-order valence-electron chi connectivity index (χ4n) is 2.40. The number of hydroxylamine groups is 2. The minimum Gasteiger partial charge on any atom is -0.509 e. The smallest absolute Gasteiger partial charge is 0.282 e. The molecule has 1 atom stereocenters. The number of rotatable bonds is 4. The van der Waals surface area contributed by atoms with Gasteiger partial charge in [0.1, 0.15) is 11.3 Å². The molecule has 0 saturated carbocycles. The van der Waals surface area contributed by atoms with Gasteiger partial charge < -0.3 is 9.84 Å². The van der Waals surface area contributed by atoms with Crippen molar-refractivity contribution >= 4 is 27.4 Å². The van der Waals surface area contributed by atoms with Gasteiger partial charge in [0.05, 0.1) is 5.57 Å². The second-order valence-corrected chi connectivity index (χ2v) is 6.58. The highest BCUT2D eigenvalue weighted by Crippen LogP contribution is 2.42. The van der Waals surface area contributed by atoms with E-state index in [1.165, 1.54) is 12.2 Å². The zero-order chi connectivity index (χ0) is 16.7. The molecule has 1 N–H and O–H groups in total. The molecule has 0 fully saturated rings. The Kier molecular flexibility index (Phi) is 4.65. The first-order valence-corrected chi connectivity index (χ1v) is 7.74. The van der Waals surface area contributed by atoms with Crippen molar-refractivity contribution in [3.63, 3.8) is 0 Å². The van der Waals surface area contributed by atoms with Crippen molar-refractivity contribution in [3.05, 3.63) is 39.6 Å². The van der Waals surface area contributed by atoms with Gasteiger partial charge >= 0.3 is 0 Å². The zero-order valence-electron chi connectivity index (χ0n) is 13.3. The molecule has 22 heavy (non-hydrogen) atoms. The van der Waals surface area contributed by atoms with E-state index in [9.17, 15) is 9.90 Å². The van der Waals surface area contributed by atoms with Crippen LogP contribution in [0, 0.1) is 6.92 Å². The Bertz CT molecular complexity index is 619. The van der Waals surface area contributed by atoms with Crippen LogP contribution in [0.1, 0.15) is 31.9 Å². The maximum absolute atomic E-state index is 12.8. The van der Waals surface area contributed by atoms with Crippen molar-refractivity contribution in [2.24, 2.45) is 0 Å². The molecule has 0 radical (unpaired) electrons. The van der Waals surface area contributed by atoms with Gasteiger partial charge in [0.15, 0.2) is 6.29 Å². The molecular formula is C16H20BrNO4. The lowest BCUT2D eigenvalue weighted by molar-refractivity contribution is -0.276. The number of carbonyl (C=O) groups is 1. The van der Waals surface area contributed by atoms with Gasteiger partial charge in [-0.3, -0.25) is 4.79 Å². The molecule has 1 unspecified atom stereocenters. The fourth-order valence-corrected chi connectivity index (χ4v) is 3.07. The quantitative estimate of drug-likeness (QED) is 0.824. The number of aliphatic hydroxyl groups is 1. The van der Waals surface area contributed by atoms with E-state index in [0.29, 0.717) is 5.56 Å². The van der Waals surface area contributed by atoms with Crippen LogP contribution in [0.4, 0.5) is 0 Å². The Labute approximate surface area is 138 Å². The molecule has 0 aliphatic carbocycles. The molecule has 1 aliphatic rings. The van der Waals surface area contributed by atoms with Crippen molar-refractivity contribution in [3.8, 4) is 0 Å². The second-order valence-electron chi connectivity index (χ2n) is 5.72. The summed E-state index contributed by atoms with van der Waals surface area (Å²) in [6, 6.07) is 5.61. The van der Waals surface area contributed by atoms with E-state index in [1.54, 1.807) is 20.8 Å². The average Bonchev–Trinajstić information content (AvgIpc) is 2.61. The molecular weight excluding hydrogens is 350 g/mol. The summed E-state index contributed by atoms with van der Waals surface area (Å²) < 4.78 is 5.80. The molecule has 1 aromatic carbocycles. The molecule has 1 heterocycles. The van der Waals surface area contributed by atoms with Gasteiger partial charge in [0, 0.05) is 17.1 Å². The number of methoxy groups -OCH3 is 1. The predicted molar refractivity (Wildman–Crippen MR) is 86.9 cm³/mol. The monoisotopic (exact) mass is 369 g/mol. The van der Waals surface area contributed by atoms with Crippen molar-refractivity contribution in [1.29, 1.82) is 0 Å². The van der Waals surface area contributed by atoms with Gasteiger partial charge in [-0.05, 0) is 39.3 Å². The minimum absolute atomic E-state index is 0.0178. The summed E-state index contributed by atoms with van der Waals surface area (Å²) in [5.41, 5.74) is 0.843. The number of aliphatic hydroxyl groups excluding tert-OH is 1. The van der Waals surface area contributed by atoms with Crippen molar-refractivity contribution in [1.82, 2.24) is 5.06 Å². The van der Waals surface area contributed by atoms with Crippen LogP contribution in [0.5, 0.6) is 0 Å². The Morgan fingerprint density at radius 2 is 2.00 bits per heavy atom. The molecule has 6 heteroatoms. The summed E-state index contributed by atoms with van der Waals surface area (Å²) in [4.78, 5) is 18.3. The molecule has 0 spiro atoms. The molecule has 120 valence electrons. The Hall–Kier alpha value is -1.37. The first-order valence-electron chi connectivity index (χ1n) is 6.95. The van der Waals surface area contributed by atoms with Crippen LogP contribution in [-0.4, -0.2) is 35.0 Å². The van der Waals surface area contributed by atoms with E-state index in [-0.39, 0.29) is 17.2 Å². The van der Waals surface area contributed by atoms with E-state index < -0.39 is 11.8 Å². The lowest BCUT2D eigenvalue weighted by atomic mass is 9.96. The Morgan fingerprint density at radius 3 is 2.55 bits per heavy atom. The maximum atomic E-state index is 12.8. The SMILES string of the molecule is COC(C)ON1C(=O)C(c2c(C)cccc2Br)=C(O)C1(C)C. The van der Waals surface area contributed by atoms with Gasteiger partial charge in [-0.2, -0.15) is 0 Å². The Morgan fingerprint density at radius 1 is 1.36 bits per heavy atom. The number of halogens is 1. The number of nitrogens with zero attached hydrogens (tertiary/aromatic N) is 1. The predicted octanol–water partition coefficient (Wildman–Crippen LogP) is 3.57. The van der Waals surface area contributed by atoms with Gasteiger partial charge in [0.2, 0.25) is 0 Å². The zero-order valence-corrected chi connectivity index (χ0v) is 14.9. The first kappa shape index (κ1) is 17.0. The number of ether oxygens (including phenoxy) is 1. The minimum atomic E-state index is -0.971. The molecule has 0 saturated heterocycles. The van der Waals surface area contributed by atoms with E-state index in [1.807, 2.05) is 25.1 Å². The van der Waals surface area contributed by atoms with E-state index in [4.69, 9.17) is 9.57 Å². The standard InChI is InChI=1S/C16H20BrNO4/c1-9-7-6-8-11(17)12(9)13-14(19)16(3,4)18(15(13)20)22-10(2)21-5/h6-8,10,19H,1-5H3. The number of carbonyl (C=O) groups excluding carboxylic acids is 1. The summed E-state index contributed by atoms with van der Waals surface area (Å²) in [6.45, 7) is 7.02. The van der Waals surface area contributed by atoms with Crippen LogP contribution < -0.4 is 0 Å². The number of amides is 1. The van der Waals surface area contributed by atoms with Crippen LogP contribution in [0.25, 0.3) is 5.57 Å². The summed E-state index contributed by atoms with van der Waals surface area (Å²) in [5.74, 6) is -0.405. The summed E-state index contributed by atoms with van der Waals surface area (Å²) in [5, 5.41) is 11.8. The Balaban J connectivity index is 2.53. The van der Waals surface area contributed by atoms with Crippen molar-refractivity contribution < 1.29 is 19.5 Å². The summed E-state index contributed by atoms with van der Waals surface area (Å²) in [6.07, 6.45) is -0.601. The number of hydrogen-bond acceptors (Lipinski definition) is 4. The van der Waals surface area contributed by atoms with Gasteiger partial charge in [-0.25, -0.2) is 9.90 Å². The molecule has 0 aromatic heterocycles. The average molecular weight is 370 g/mol. The van der Waals surface area contributed by atoms with E-state index in [0.717, 1.165) is 10.0 Å². The highest BCUT2D eigenvalue weighted by Gasteiger charge is 2.48. The van der Waals surface area contributed by atoms with E-state index in [2.05, 4.69) is 15.9 Å². The van der Waals surface area contributed by atoms with Crippen LogP contribution in [0.3, 0.4) is 0 Å². The normalized spacial score (nSPS) is 19.0. The van der Waals surface area contributed by atoms with E-state index >= 15 is 0 Å². The second kappa shape index (κ2) is 6.02. The fraction of sp³-hybridized carbons (Fsp3) is 0.438. The third-order valence-corrected chi connectivity index (χ3v) is 4.44. The number of aryl methyl sites for hydroxylation is 1. The van der Waals surface area contributed by atoms with Crippen LogP contribution in [0.15, 0.2) is 28.4 Å². The highest BCUT2D eigenvalue weighted by atomic mass is 79.9. The molecule has 1 amide bonds. The molecule has 1 aromatic rings. The molecule has 0 bridgehead atoms. The largest absolute Gasteiger partial charge is 0.509 e. The number of benzene rings is 1. The molecule has 2 rings (SSSR count). The summed E-state index contributed by atoms with van der Waals surface area (Å²) >= 11 is 3.45. The van der Waals surface area contributed by atoms with Gasteiger partial charge in [-0.15, -0.1) is 0 Å². The lowest BCUT2D eigenvalue weighted by Crippen LogP contribution is -2.45. The lowest BCUT2D eigenvalue weighted by Gasteiger charge is -2.32. The first-order chi connectivity index (χ1) is 10.2. The van der Waals surface area contributed by atoms with Crippen molar-refractivity contribution in [2.75, 3.05) is 7.11 Å².